The van der Waals surface area contributed by atoms with E-state index in [1.54, 1.807) is 12.1 Å². The summed E-state index contributed by atoms with van der Waals surface area (Å²) in [5.74, 6) is 0.203. The normalized spacial score (nSPS) is 12.2. The number of rotatable bonds is 4. The van der Waals surface area contributed by atoms with Crippen molar-refractivity contribution < 1.29 is 9.13 Å². The molecule has 0 bridgehead atoms. The third kappa shape index (κ3) is 3.01. The second kappa shape index (κ2) is 5.55. The number of hydrogen-bond acceptors (Lipinski definition) is 4. The molecular weight excluding hydrogens is 233 g/mol. The van der Waals surface area contributed by atoms with Gasteiger partial charge in [-0.1, -0.05) is 12.1 Å². The molecule has 0 radical (unpaired) electrons. The number of ether oxygens (including phenoxy) is 1. The van der Waals surface area contributed by atoms with Crippen LogP contribution in [0.25, 0.3) is 0 Å². The molecule has 1 heterocycles. The average molecular weight is 247 g/mol. The zero-order valence-corrected chi connectivity index (χ0v) is 10.0. The van der Waals surface area contributed by atoms with Crippen molar-refractivity contribution in [3.05, 3.63) is 53.7 Å². The van der Waals surface area contributed by atoms with Crippen LogP contribution in [-0.4, -0.2) is 17.1 Å². The van der Waals surface area contributed by atoms with E-state index in [0.717, 1.165) is 5.56 Å². The molecule has 2 N–H and O–H groups in total. The molecule has 0 aliphatic carbocycles. The molecule has 1 unspecified atom stereocenters. The molecule has 0 fully saturated rings. The minimum absolute atomic E-state index is 0.264. The van der Waals surface area contributed by atoms with Gasteiger partial charge in [0.1, 0.15) is 12.1 Å². The average Bonchev–Trinajstić information content (AvgIpc) is 2.39. The maximum absolute atomic E-state index is 13.1. The highest BCUT2D eigenvalue weighted by atomic mass is 19.1. The fourth-order valence-corrected chi connectivity index (χ4v) is 1.69. The van der Waals surface area contributed by atoms with E-state index in [-0.39, 0.29) is 11.9 Å². The van der Waals surface area contributed by atoms with Crippen LogP contribution < -0.4 is 10.5 Å². The summed E-state index contributed by atoms with van der Waals surface area (Å²) in [6, 6.07) is 7.74. The van der Waals surface area contributed by atoms with E-state index in [1.807, 2.05) is 6.07 Å². The van der Waals surface area contributed by atoms with Crippen molar-refractivity contribution >= 4 is 0 Å². The molecular formula is C13H14FN3O. The largest absolute Gasteiger partial charge is 0.481 e. The van der Waals surface area contributed by atoms with Crippen LogP contribution >= 0.6 is 0 Å². The molecule has 94 valence electrons. The Kier molecular flexibility index (Phi) is 3.84. The number of nitrogens with two attached hydrogens (primary N) is 1. The first kappa shape index (κ1) is 12.4. The van der Waals surface area contributed by atoms with Crippen molar-refractivity contribution in [2.24, 2.45) is 5.73 Å². The lowest BCUT2D eigenvalue weighted by molar-refractivity contribution is 0.395. The number of aromatic nitrogens is 2. The van der Waals surface area contributed by atoms with Crippen molar-refractivity contribution in [1.82, 2.24) is 9.97 Å². The van der Waals surface area contributed by atoms with Gasteiger partial charge < -0.3 is 10.5 Å². The number of halogens is 1. The molecule has 1 aromatic heterocycles. The summed E-state index contributed by atoms with van der Waals surface area (Å²) in [6.07, 6.45) is 1.91. The van der Waals surface area contributed by atoms with Crippen molar-refractivity contribution in [2.75, 3.05) is 7.11 Å². The number of methoxy groups -OCH3 is 1. The van der Waals surface area contributed by atoms with E-state index in [4.69, 9.17) is 10.5 Å². The van der Waals surface area contributed by atoms with Gasteiger partial charge in [-0.25, -0.2) is 14.4 Å². The van der Waals surface area contributed by atoms with Crippen LogP contribution in [0.1, 0.15) is 17.3 Å². The lowest BCUT2D eigenvalue weighted by Crippen LogP contribution is -2.15. The molecule has 2 aromatic rings. The second-order valence-corrected chi connectivity index (χ2v) is 3.93. The zero-order chi connectivity index (χ0) is 13.0. The lowest BCUT2D eigenvalue weighted by Gasteiger charge is -2.11. The first-order valence-electron chi connectivity index (χ1n) is 5.55. The van der Waals surface area contributed by atoms with Gasteiger partial charge in [0, 0.05) is 6.07 Å². The van der Waals surface area contributed by atoms with Crippen LogP contribution in [0.15, 0.2) is 36.7 Å². The summed E-state index contributed by atoms with van der Waals surface area (Å²) < 4.78 is 18.1. The van der Waals surface area contributed by atoms with E-state index in [2.05, 4.69) is 9.97 Å². The first-order chi connectivity index (χ1) is 8.69. The summed E-state index contributed by atoms with van der Waals surface area (Å²) in [4.78, 5) is 8.01. The Morgan fingerprint density at radius 3 is 2.89 bits per heavy atom. The molecule has 4 nitrogen and oxygen atoms in total. The van der Waals surface area contributed by atoms with Gasteiger partial charge in [0.05, 0.1) is 18.8 Å². The molecule has 0 aliphatic rings. The Morgan fingerprint density at radius 2 is 2.17 bits per heavy atom. The fraction of sp³-hybridized carbons (Fsp3) is 0.231. The Morgan fingerprint density at radius 1 is 1.33 bits per heavy atom. The third-order valence-corrected chi connectivity index (χ3v) is 2.60. The minimum atomic E-state index is -0.316. The molecule has 1 aromatic carbocycles. The van der Waals surface area contributed by atoms with Gasteiger partial charge >= 0.3 is 0 Å². The number of benzene rings is 1. The van der Waals surface area contributed by atoms with Crippen LogP contribution in [0.4, 0.5) is 4.39 Å². The lowest BCUT2D eigenvalue weighted by atomic mass is 10.0. The molecule has 18 heavy (non-hydrogen) atoms. The number of nitrogens with zero attached hydrogens (tertiary/aromatic N) is 2. The summed E-state index contributed by atoms with van der Waals surface area (Å²) >= 11 is 0. The van der Waals surface area contributed by atoms with Gasteiger partial charge in [-0.2, -0.15) is 0 Å². The predicted octanol–water partition coefficient (Wildman–Crippen LogP) is 1.87. The highest BCUT2D eigenvalue weighted by molar-refractivity contribution is 5.22. The van der Waals surface area contributed by atoms with Crippen LogP contribution in [0.5, 0.6) is 5.88 Å². The van der Waals surface area contributed by atoms with Gasteiger partial charge in [-0.3, -0.25) is 0 Å². The molecule has 0 amide bonds. The van der Waals surface area contributed by atoms with Crippen molar-refractivity contribution in [1.29, 1.82) is 0 Å². The van der Waals surface area contributed by atoms with Crippen LogP contribution in [0.2, 0.25) is 0 Å². The van der Waals surface area contributed by atoms with Gasteiger partial charge in [0.15, 0.2) is 0 Å². The van der Waals surface area contributed by atoms with E-state index in [0.29, 0.717) is 18.0 Å². The van der Waals surface area contributed by atoms with Crippen LogP contribution in [-0.2, 0) is 6.42 Å². The van der Waals surface area contributed by atoms with Gasteiger partial charge in [0.25, 0.3) is 0 Å². The number of hydrogen-bond donors (Lipinski definition) is 1. The Labute approximate surface area is 105 Å². The minimum Gasteiger partial charge on any atom is -0.481 e. The monoisotopic (exact) mass is 247 g/mol. The maximum atomic E-state index is 13.1. The van der Waals surface area contributed by atoms with E-state index < -0.39 is 0 Å². The summed E-state index contributed by atoms with van der Waals surface area (Å²) in [7, 11) is 1.53. The molecule has 0 aliphatic heterocycles. The van der Waals surface area contributed by atoms with Crippen molar-refractivity contribution in [3.8, 4) is 5.88 Å². The Hall–Kier alpha value is -2.01. The zero-order valence-electron chi connectivity index (χ0n) is 10.0. The molecule has 1 atom stereocenters. The third-order valence-electron chi connectivity index (χ3n) is 2.60. The van der Waals surface area contributed by atoms with Crippen LogP contribution in [0.3, 0.4) is 0 Å². The summed E-state index contributed by atoms with van der Waals surface area (Å²) in [5.41, 5.74) is 7.54. The van der Waals surface area contributed by atoms with Gasteiger partial charge in [0.2, 0.25) is 5.88 Å². The Bertz CT molecular complexity index is 533. The highest BCUT2D eigenvalue weighted by Gasteiger charge is 2.10. The van der Waals surface area contributed by atoms with Gasteiger partial charge in [-0.15, -0.1) is 0 Å². The topological polar surface area (TPSA) is 61.0 Å². The van der Waals surface area contributed by atoms with Crippen molar-refractivity contribution in [2.45, 2.75) is 12.5 Å². The summed E-state index contributed by atoms with van der Waals surface area (Å²) in [6.45, 7) is 0. The molecule has 5 heteroatoms. The SMILES string of the molecule is COc1cc(C(N)Cc2cccc(F)c2)ncn1. The molecule has 0 saturated carbocycles. The van der Waals surface area contributed by atoms with E-state index in [9.17, 15) is 4.39 Å². The second-order valence-electron chi connectivity index (χ2n) is 3.93. The van der Waals surface area contributed by atoms with Gasteiger partial charge in [-0.05, 0) is 24.1 Å². The van der Waals surface area contributed by atoms with Crippen molar-refractivity contribution in [3.63, 3.8) is 0 Å². The fourth-order valence-electron chi connectivity index (χ4n) is 1.69. The molecule has 2 rings (SSSR count). The smallest absolute Gasteiger partial charge is 0.216 e. The standard InChI is InChI=1S/C13H14FN3O/c1-18-13-7-12(16-8-17-13)11(15)6-9-3-2-4-10(14)5-9/h2-5,7-8,11H,6,15H2,1H3. The quantitative estimate of drug-likeness (QED) is 0.895. The first-order valence-corrected chi connectivity index (χ1v) is 5.55. The van der Waals surface area contributed by atoms with Crippen LogP contribution in [0, 0.1) is 5.82 Å². The van der Waals surface area contributed by atoms with E-state index in [1.165, 1.54) is 25.6 Å². The maximum Gasteiger partial charge on any atom is 0.216 e. The molecule has 0 saturated heterocycles. The van der Waals surface area contributed by atoms with E-state index >= 15 is 0 Å². The summed E-state index contributed by atoms with van der Waals surface area (Å²) in [5, 5.41) is 0. The predicted molar refractivity (Wildman–Crippen MR) is 65.6 cm³/mol. The highest BCUT2D eigenvalue weighted by Crippen LogP contribution is 2.17. The Balaban J connectivity index is 2.13. The molecule has 0 spiro atoms.